The average Bonchev–Trinajstić information content (AvgIpc) is 3.95. The molecule has 0 amide bonds. The van der Waals surface area contributed by atoms with Gasteiger partial charge in [0.2, 0.25) is 5.82 Å². The van der Waals surface area contributed by atoms with Crippen molar-refractivity contribution >= 4 is 60.4 Å². The molecule has 3 heterocycles. The number of nitrogens with zero attached hydrogens (tertiary/aromatic N) is 6. The predicted octanol–water partition coefficient (Wildman–Crippen LogP) is 11.7. The van der Waals surface area contributed by atoms with E-state index in [9.17, 15) is 4.79 Å². The van der Waals surface area contributed by atoms with Crippen LogP contribution in [0.1, 0.15) is 70.1 Å². The summed E-state index contributed by atoms with van der Waals surface area (Å²) in [5.41, 5.74) is 5.44. The van der Waals surface area contributed by atoms with E-state index in [2.05, 4.69) is 80.2 Å². The lowest BCUT2D eigenvalue weighted by molar-refractivity contribution is 0.0514. The summed E-state index contributed by atoms with van der Waals surface area (Å²) in [6.07, 6.45) is 1.74. The smallest absolute Gasteiger partial charge is 0.358 e. The zero-order chi connectivity index (χ0) is 39.5. The molecule has 0 aliphatic rings. The van der Waals surface area contributed by atoms with Gasteiger partial charge in [-0.3, -0.25) is 0 Å². The first-order chi connectivity index (χ1) is 27.8. The van der Waals surface area contributed by atoms with E-state index < -0.39 is 11.5 Å². The number of imidazole rings is 1. The molecule has 8 aromatic rings. The molecule has 0 saturated carbocycles. The molecule has 0 aliphatic carbocycles. The number of ether oxygens (including phenoxy) is 1. The highest BCUT2D eigenvalue weighted by molar-refractivity contribution is 9.10. The first-order valence-corrected chi connectivity index (χ1v) is 20.8. The summed E-state index contributed by atoms with van der Waals surface area (Å²) in [5, 5.41) is 15.6. The van der Waals surface area contributed by atoms with Gasteiger partial charge in [0.15, 0.2) is 16.4 Å². The minimum Gasteiger partial charge on any atom is -0.461 e. The maximum absolute atomic E-state index is 13.1. The Balaban J connectivity index is 1.21. The molecule has 286 valence electrons. The van der Waals surface area contributed by atoms with Crippen LogP contribution in [0.5, 0.6) is 0 Å². The maximum atomic E-state index is 13.1. The van der Waals surface area contributed by atoms with Gasteiger partial charge in [0.25, 0.3) is 0 Å². The number of carbonyl (C=O) groups excluding carboxylic acids is 1. The number of hydrogen-bond donors (Lipinski definition) is 0. The van der Waals surface area contributed by atoms with Crippen molar-refractivity contribution in [2.75, 3.05) is 6.61 Å². The van der Waals surface area contributed by atoms with Crippen molar-refractivity contribution in [3.05, 3.63) is 177 Å². The molecule has 1 atom stereocenters. The fourth-order valence-electron chi connectivity index (χ4n) is 7.41. The van der Waals surface area contributed by atoms with Gasteiger partial charge in [-0.2, -0.15) is 0 Å². The lowest BCUT2D eigenvalue weighted by Gasteiger charge is -2.34. The minimum absolute atomic E-state index is 0.0968. The second-order valence-electron chi connectivity index (χ2n) is 13.5. The Labute approximate surface area is 351 Å². The summed E-state index contributed by atoms with van der Waals surface area (Å²) in [7, 11) is 0. The van der Waals surface area contributed by atoms with E-state index in [-0.39, 0.29) is 22.3 Å². The Morgan fingerprint density at radius 3 is 2.04 bits per heavy atom. The molecule has 0 aliphatic heterocycles. The fraction of sp³-hybridized carbons (Fsp3) is 0.178. The van der Waals surface area contributed by atoms with Gasteiger partial charge in [0.05, 0.1) is 15.9 Å². The number of furan rings is 1. The van der Waals surface area contributed by atoms with Gasteiger partial charge in [-0.15, -0.1) is 15.0 Å². The van der Waals surface area contributed by atoms with E-state index in [1.807, 2.05) is 102 Å². The van der Waals surface area contributed by atoms with E-state index in [1.54, 1.807) is 11.7 Å². The predicted molar refractivity (Wildman–Crippen MR) is 230 cm³/mol. The van der Waals surface area contributed by atoms with Crippen LogP contribution in [0.25, 0.3) is 33.7 Å². The van der Waals surface area contributed by atoms with Crippen molar-refractivity contribution in [2.24, 2.45) is 0 Å². The Hall–Kier alpha value is -5.36. The average molecular weight is 905 g/mol. The van der Waals surface area contributed by atoms with E-state index >= 15 is 0 Å². The van der Waals surface area contributed by atoms with Gasteiger partial charge < -0.3 is 13.7 Å². The van der Waals surface area contributed by atoms with Gasteiger partial charge in [0.1, 0.15) is 17.2 Å². The fourth-order valence-corrected chi connectivity index (χ4v) is 9.09. The molecule has 0 saturated heterocycles. The first-order valence-electron chi connectivity index (χ1n) is 18.7. The molecule has 0 spiro atoms. The number of aromatic nitrogens is 6. The molecule has 1 unspecified atom stereocenters. The number of rotatable bonds is 13. The molecule has 8 rings (SSSR count). The number of fused-ring (bicyclic) bond motifs is 1. The summed E-state index contributed by atoms with van der Waals surface area (Å²) in [5.74, 6) is 1.22. The van der Waals surface area contributed by atoms with Crippen LogP contribution >= 0.6 is 43.5 Å². The minimum atomic E-state index is -0.918. The van der Waals surface area contributed by atoms with Gasteiger partial charge in [-0.05, 0) is 68.9 Å². The van der Waals surface area contributed by atoms with Crippen molar-refractivity contribution in [3.63, 3.8) is 0 Å². The first kappa shape index (κ1) is 38.5. The monoisotopic (exact) mass is 902 g/mol. The van der Waals surface area contributed by atoms with Gasteiger partial charge >= 0.3 is 5.97 Å². The normalized spacial score (nSPS) is 12.2. The molecule has 0 N–H and O–H groups in total. The number of tetrazole rings is 1. The van der Waals surface area contributed by atoms with Crippen LogP contribution in [0.2, 0.25) is 5.15 Å². The summed E-state index contributed by atoms with van der Waals surface area (Å²) in [4.78, 5) is 19.3. The number of esters is 1. The standard InChI is InChI=1S/C45H37Br2ClN6O3/c1-3-16-36(46)43-49-41(48)39(44(55)56-4-2)53(43)28-29-25-26-37-35(27-29)38(47)40(57-37)33-23-14-15-24-34(33)42-50-52-54(51-42)45(30-17-8-5-9-18-30,31-19-10-6-11-20-31)32-21-12-7-13-22-32/h5-15,17-27,36H,3-4,16,28H2,1-2H3. The van der Waals surface area contributed by atoms with E-state index in [4.69, 9.17) is 36.2 Å². The molecular formula is C45H37Br2ClN6O3. The van der Waals surface area contributed by atoms with Crippen molar-refractivity contribution in [1.29, 1.82) is 0 Å². The Morgan fingerprint density at radius 2 is 1.44 bits per heavy atom. The highest BCUT2D eigenvalue weighted by Gasteiger charge is 2.41. The van der Waals surface area contributed by atoms with Crippen LogP contribution in [0.15, 0.2) is 142 Å². The van der Waals surface area contributed by atoms with Gasteiger partial charge in [0, 0.05) is 23.1 Å². The molecule has 5 aromatic carbocycles. The number of carbonyl (C=O) groups is 1. The number of hydrogen-bond acceptors (Lipinski definition) is 7. The van der Waals surface area contributed by atoms with Crippen LogP contribution in [-0.4, -0.2) is 42.3 Å². The van der Waals surface area contributed by atoms with Crippen molar-refractivity contribution in [3.8, 4) is 22.7 Å². The van der Waals surface area contributed by atoms with Gasteiger partial charge in [-0.25, -0.2) is 9.78 Å². The molecule has 57 heavy (non-hydrogen) atoms. The van der Waals surface area contributed by atoms with E-state index in [1.165, 1.54) is 0 Å². The topological polar surface area (TPSA) is 101 Å². The number of halogens is 3. The SMILES string of the molecule is CCCC(Br)c1nc(Cl)c(C(=O)OCC)n1Cc1ccc2oc(-c3ccccc3-c3nnn(C(c4ccccc4)(c4ccccc4)c4ccccc4)n3)c(Br)c2c1. The molecular weight excluding hydrogens is 868 g/mol. The zero-order valence-corrected chi connectivity index (χ0v) is 35.1. The largest absolute Gasteiger partial charge is 0.461 e. The van der Waals surface area contributed by atoms with Crippen molar-refractivity contribution in [1.82, 2.24) is 29.8 Å². The number of alkyl halides is 1. The number of benzene rings is 5. The highest BCUT2D eigenvalue weighted by atomic mass is 79.9. The zero-order valence-electron chi connectivity index (χ0n) is 31.1. The third-order valence-corrected chi connectivity index (χ3v) is 11.9. The summed E-state index contributed by atoms with van der Waals surface area (Å²) < 4.78 is 14.6. The second kappa shape index (κ2) is 16.6. The van der Waals surface area contributed by atoms with Crippen LogP contribution in [0, 0.1) is 0 Å². The third kappa shape index (κ3) is 7.13. The van der Waals surface area contributed by atoms with Crippen LogP contribution in [-0.2, 0) is 16.8 Å². The lowest BCUT2D eigenvalue weighted by Crippen LogP contribution is -2.39. The highest BCUT2D eigenvalue weighted by Crippen LogP contribution is 2.43. The quantitative estimate of drug-likeness (QED) is 0.0645. The molecule has 0 fully saturated rings. The second-order valence-corrected chi connectivity index (χ2v) is 15.8. The maximum Gasteiger partial charge on any atom is 0.358 e. The molecule has 9 nitrogen and oxygen atoms in total. The molecule has 0 bridgehead atoms. The summed E-state index contributed by atoms with van der Waals surface area (Å²) in [6, 6.07) is 44.6. The van der Waals surface area contributed by atoms with E-state index in [0.29, 0.717) is 29.5 Å². The molecule has 3 aromatic heterocycles. The van der Waals surface area contributed by atoms with Crippen LogP contribution < -0.4 is 0 Å². The Bertz CT molecular complexity index is 2570. The van der Waals surface area contributed by atoms with Crippen molar-refractivity contribution in [2.45, 2.75) is 43.6 Å². The summed E-state index contributed by atoms with van der Waals surface area (Å²) in [6.45, 7) is 4.43. The van der Waals surface area contributed by atoms with Crippen molar-refractivity contribution < 1.29 is 13.9 Å². The lowest BCUT2D eigenvalue weighted by atomic mass is 9.77. The molecule has 0 radical (unpaired) electrons. The van der Waals surface area contributed by atoms with Crippen LogP contribution in [0.4, 0.5) is 0 Å². The van der Waals surface area contributed by atoms with Crippen LogP contribution in [0.3, 0.4) is 0 Å². The Morgan fingerprint density at radius 1 is 0.842 bits per heavy atom. The Kier molecular flexibility index (Phi) is 11.2. The summed E-state index contributed by atoms with van der Waals surface area (Å²) >= 11 is 14.2. The third-order valence-electron chi connectivity index (χ3n) is 9.98. The van der Waals surface area contributed by atoms with Gasteiger partial charge in [-0.1, -0.05) is 162 Å². The molecule has 12 heteroatoms. The van der Waals surface area contributed by atoms with E-state index in [0.717, 1.165) is 56.1 Å².